The highest BCUT2D eigenvalue weighted by molar-refractivity contribution is 6.06. The van der Waals surface area contributed by atoms with E-state index in [2.05, 4.69) is 19.3 Å². The first-order valence-corrected chi connectivity index (χ1v) is 7.21. The molecule has 21 heavy (non-hydrogen) atoms. The van der Waals surface area contributed by atoms with Crippen LogP contribution in [-0.4, -0.2) is 29.3 Å². The van der Waals surface area contributed by atoms with Crippen LogP contribution < -0.4 is 5.43 Å². The first-order chi connectivity index (χ1) is 9.85. The Balaban J connectivity index is 1.80. The zero-order chi connectivity index (χ0) is 15.2. The van der Waals surface area contributed by atoms with Crippen molar-refractivity contribution in [1.29, 1.82) is 0 Å². The number of halogens is 1. The highest BCUT2D eigenvalue weighted by Gasteiger charge is 2.49. The number of hydrogen-bond donors (Lipinski definition) is 1. The fraction of sp³-hybridized carbons (Fsp3) is 0.500. The molecule has 1 N–H and O–H groups in total. The van der Waals surface area contributed by atoms with E-state index >= 15 is 0 Å². The Morgan fingerprint density at radius 3 is 2.86 bits per heavy atom. The van der Waals surface area contributed by atoms with E-state index < -0.39 is 5.92 Å². The van der Waals surface area contributed by atoms with Gasteiger partial charge in [-0.05, 0) is 36.0 Å². The molecule has 4 nitrogen and oxygen atoms in total. The molecule has 112 valence electrons. The molecule has 2 unspecified atom stereocenters. The van der Waals surface area contributed by atoms with Gasteiger partial charge >= 0.3 is 0 Å². The van der Waals surface area contributed by atoms with Gasteiger partial charge in [0.1, 0.15) is 11.7 Å². The minimum atomic E-state index is -0.720. The van der Waals surface area contributed by atoms with E-state index in [1.165, 1.54) is 12.1 Å². The monoisotopic (exact) mass is 290 g/mol. The highest BCUT2D eigenvalue weighted by Crippen LogP contribution is 2.36. The van der Waals surface area contributed by atoms with Gasteiger partial charge in [-0.25, -0.2) is 9.40 Å². The van der Waals surface area contributed by atoms with Crippen molar-refractivity contribution in [1.82, 2.24) is 10.4 Å². The number of fused-ring (bicyclic) bond motifs is 1. The molecule has 0 aromatic heterocycles. The molecule has 5 heteroatoms. The van der Waals surface area contributed by atoms with Crippen LogP contribution in [0.25, 0.3) is 0 Å². The largest absolute Gasteiger partial charge is 0.297 e. The lowest BCUT2D eigenvalue weighted by atomic mass is 9.84. The summed E-state index contributed by atoms with van der Waals surface area (Å²) >= 11 is 0. The summed E-state index contributed by atoms with van der Waals surface area (Å²) in [4.78, 5) is 24.8. The molecule has 2 atom stereocenters. The van der Waals surface area contributed by atoms with E-state index in [0.29, 0.717) is 12.1 Å². The molecule has 2 fully saturated rings. The minimum absolute atomic E-state index is 0.0152. The van der Waals surface area contributed by atoms with Crippen LogP contribution in [0.2, 0.25) is 0 Å². The summed E-state index contributed by atoms with van der Waals surface area (Å²) in [5, 5.41) is 1.76. The Morgan fingerprint density at radius 1 is 1.38 bits per heavy atom. The molecule has 2 aliphatic heterocycles. The molecule has 1 aromatic carbocycles. The number of Topliss-reactive ketones (excluding diaryl/α,β-unsaturated/α-hetero) is 1. The van der Waals surface area contributed by atoms with Crippen molar-refractivity contribution in [2.24, 2.45) is 11.3 Å². The number of ketones is 1. The maximum Gasteiger partial charge on any atom is 0.245 e. The second kappa shape index (κ2) is 4.91. The van der Waals surface area contributed by atoms with Gasteiger partial charge in [0.15, 0.2) is 5.78 Å². The van der Waals surface area contributed by atoms with Gasteiger partial charge < -0.3 is 0 Å². The van der Waals surface area contributed by atoms with E-state index in [1.54, 1.807) is 17.1 Å². The lowest BCUT2D eigenvalue weighted by molar-refractivity contribution is -0.147. The van der Waals surface area contributed by atoms with Crippen molar-refractivity contribution in [3.63, 3.8) is 0 Å². The lowest BCUT2D eigenvalue weighted by Crippen LogP contribution is -2.59. The van der Waals surface area contributed by atoms with Gasteiger partial charge in [-0.15, -0.1) is 0 Å². The normalized spacial score (nSPS) is 28.3. The van der Waals surface area contributed by atoms with E-state index in [1.807, 2.05) is 0 Å². The van der Waals surface area contributed by atoms with E-state index in [0.717, 1.165) is 6.42 Å². The molecule has 0 bridgehead atoms. The molecular formula is C16H19FN2O2. The Kier molecular flexibility index (Phi) is 3.32. The van der Waals surface area contributed by atoms with Crippen LogP contribution in [-0.2, 0) is 16.0 Å². The van der Waals surface area contributed by atoms with Crippen molar-refractivity contribution >= 4 is 11.7 Å². The summed E-state index contributed by atoms with van der Waals surface area (Å²) in [6.45, 7) is 4.86. The standard InChI is InChI=1S/C16H19FN2O2/c1-16(2)8-13-14(20)12(15(21)18-19(13)9-16)7-10-4-3-5-11(17)6-10/h3-6,12-13H,7-9H2,1-2H3,(H,18,21). The smallest absolute Gasteiger partial charge is 0.245 e. The van der Waals surface area contributed by atoms with Crippen molar-refractivity contribution in [3.05, 3.63) is 35.6 Å². The fourth-order valence-electron chi connectivity index (χ4n) is 3.31. The van der Waals surface area contributed by atoms with Crippen LogP contribution >= 0.6 is 0 Å². The maximum atomic E-state index is 13.2. The second-order valence-corrected chi connectivity index (χ2v) is 6.78. The van der Waals surface area contributed by atoms with Crippen molar-refractivity contribution in [2.45, 2.75) is 32.7 Å². The number of rotatable bonds is 2. The molecule has 1 aromatic rings. The van der Waals surface area contributed by atoms with Gasteiger partial charge in [0, 0.05) is 6.54 Å². The Bertz CT molecular complexity index is 600. The molecule has 2 saturated heterocycles. The molecule has 1 amide bonds. The third-order valence-electron chi connectivity index (χ3n) is 4.29. The van der Waals surface area contributed by atoms with Crippen LogP contribution in [0, 0.1) is 17.2 Å². The third-order valence-corrected chi connectivity index (χ3v) is 4.29. The number of benzene rings is 1. The second-order valence-electron chi connectivity index (χ2n) is 6.78. The predicted octanol–water partition coefficient (Wildman–Crippen LogP) is 1.70. The summed E-state index contributed by atoms with van der Waals surface area (Å²) in [6, 6.07) is 5.82. The van der Waals surface area contributed by atoms with Crippen LogP contribution in [0.1, 0.15) is 25.8 Å². The van der Waals surface area contributed by atoms with E-state index in [9.17, 15) is 14.0 Å². The van der Waals surface area contributed by atoms with Gasteiger partial charge in [-0.3, -0.25) is 15.0 Å². The molecule has 0 radical (unpaired) electrons. The first kappa shape index (κ1) is 14.2. The predicted molar refractivity (Wildman–Crippen MR) is 75.6 cm³/mol. The van der Waals surface area contributed by atoms with Gasteiger partial charge in [0.25, 0.3) is 0 Å². The Morgan fingerprint density at radius 2 is 2.14 bits per heavy atom. The lowest BCUT2D eigenvalue weighted by Gasteiger charge is -2.33. The minimum Gasteiger partial charge on any atom is -0.297 e. The Labute approximate surface area is 123 Å². The molecule has 3 rings (SSSR count). The van der Waals surface area contributed by atoms with Gasteiger partial charge in [-0.1, -0.05) is 26.0 Å². The highest BCUT2D eigenvalue weighted by atomic mass is 19.1. The molecule has 0 aliphatic carbocycles. The molecule has 0 spiro atoms. The average molecular weight is 290 g/mol. The number of carbonyl (C=O) groups excluding carboxylic acids is 2. The summed E-state index contributed by atoms with van der Waals surface area (Å²) in [7, 11) is 0. The van der Waals surface area contributed by atoms with Gasteiger partial charge in [0.05, 0.1) is 6.04 Å². The van der Waals surface area contributed by atoms with Gasteiger partial charge in [-0.2, -0.15) is 0 Å². The number of carbonyl (C=O) groups is 2. The summed E-state index contributed by atoms with van der Waals surface area (Å²) < 4.78 is 13.2. The number of hydrazine groups is 1. The number of amides is 1. The molecule has 0 saturated carbocycles. The Hall–Kier alpha value is -1.75. The zero-order valence-electron chi connectivity index (χ0n) is 12.2. The summed E-state index contributed by atoms with van der Waals surface area (Å²) in [5.74, 6) is -1.39. The molecular weight excluding hydrogens is 271 g/mol. The topological polar surface area (TPSA) is 49.4 Å². The van der Waals surface area contributed by atoms with Crippen molar-refractivity contribution in [2.75, 3.05) is 6.54 Å². The van der Waals surface area contributed by atoms with Crippen LogP contribution in [0.5, 0.6) is 0 Å². The van der Waals surface area contributed by atoms with Crippen LogP contribution in [0.15, 0.2) is 24.3 Å². The maximum absolute atomic E-state index is 13.2. The first-order valence-electron chi connectivity index (χ1n) is 7.21. The number of hydrogen-bond acceptors (Lipinski definition) is 3. The average Bonchev–Trinajstić information content (AvgIpc) is 2.69. The van der Waals surface area contributed by atoms with E-state index in [4.69, 9.17) is 0 Å². The zero-order valence-corrected chi connectivity index (χ0v) is 12.2. The fourth-order valence-corrected chi connectivity index (χ4v) is 3.31. The molecule has 2 heterocycles. The van der Waals surface area contributed by atoms with Gasteiger partial charge in [0.2, 0.25) is 5.91 Å². The summed E-state index contributed by atoms with van der Waals surface area (Å²) in [5.41, 5.74) is 3.52. The van der Waals surface area contributed by atoms with Crippen molar-refractivity contribution in [3.8, 4) is 0 Å². The number of nitrogens with zero attached hydrogens (tertiary/aromatic N) is 1. The SMILES string of the molecule is CC1(C)CC2C(=O)C(Cc3cccc(F)c3)C(=O)NN2C1. The molecule has 2 aliphatic rings. The van der Waals surface area contributed by atoms with Crippen LogP contribution in [0.3, 0.4) is 0 Å². The quantitative estimate of drug-likeness (QED) is 0.843. The summed E-state index contributed by atoms with van der Waals surface area (Å²) in [6.07, 6.45) is 0.999. The van der Waals surface area contributed by atoms with Crippen LogP contribution in [0.4, 0.5) is 4.39 Å². The van der Waals surface area contributed by atoms with Crippen molar-refractivity contribution < 1.29 is 14.0 Å². The third kappa shape index (κ3) is 2.70. The van der Waals surface area contributed by atoms with E-state index in [-0.39, 0.29) is 35.4 Å². The number of nitrogens with one attached hydrogen (secondary N) is 1.